The van der Waals surface area contributed by atoms with Gasteiger partial charge in [-0.3, -0.25) is 4.79 Å². The van der Waals surface area contributed by atoms with Crippen molar-refractivity contribution in [3.63, 3.8) is 0 Å². The third kappa shape index (κ3) is 5.10. The van der Waals surface area contributed by atoms with Gasteiger partial charge in [0.1, 0.15) is 6.10 Å². The number of ether oxygens (including phenoxy) is 1. The molecule has 1 aliphatic rings. The van der Waals surface area contributed by atoms with E-state index in [4.69, 9.17) is 10.00 Å². The van der Waals surface area contributed by atoms with E-state index in [-0.39, 0.29) is 12.0 Å². The molecule has 1 heterocycles. The predicted molar refractivity (Wildman–Crippen MR) is 107 cm³/mol. The number of carbonyl (C=O) groups excluding carboxylic acids is 1. The molecule has 1 fully saturated rings. The third-order valence-electron chi connectivity index (χ3n) is 4.24. The van der Waals surface area contributed by atoms with Gasteiger partial charge in [-0.25, -0.2) is 0 Å². The number of rotatable bonds is 5. The Morgan fingerprint density at radius 1 is 1.23 bits per heavy atom. The average Bonchev–Trinajstić information content (AvgIpc) is 2.69. The summed E-state index contributed by atoms with van der Waals surface area (Å²) in [5, 5.41) is 8.82. The van der Waals surface area contributed by atoms with Crippen LogP contribution in [0, 0.1) is 11.3 Å². The van der Waals surface area contributed by atoms with Crippen LogP contribution in [0.5, 0.6) is 0 Å². The molecule has 26 heavy (non-hydrogen) atoms. The SMILES string of the molecule is N#Cc1ccc(CSCC(=O)N2CCOC(c3ccc(Br)cc3)C2)cc1. The van der Waals surface area contributed by atoms with Crippen LogP contribution in [0.2, 0.25) is 0 Å². The number of morpholine rings is 1. The molecule has 3 rings (SSSR count). The van der Waals surface area contributed by atoms with Crippen LogP contribution in [0.25, 0.3) is 0 Å². The summed E-state index contributed by atoms with van der Waals surface area (Å²) in [5.74, 6) is 1.36. The fourth-order valence-corrected chi connectivity index (χ4v) is 3.93. The molecule has 0 N–H and O–H groups in total. The van der Waals surface area contributed by atoms with Gasteiger partial charge in [0.15, 0.2) is 0 Å². The van der Waals surface area contributed by atoms with Gasteiger partial charge in [0.2, 0.25) is 5.91 Å². The zero-order valence-corrected chi connectivity index (χ0v) is 16.6. The molecule has 0 spiro atoms. The van der Waals surface area contributed by atoms with Crippen LogP contribution < -0.4 is 0 Å². The normalized spacial score (nSPS) is 16.9. The zero-order chi connectivity index (χ0) is 18.4. The minimum atomic E-state index is -0.0654. The summed E-state index contributed by atoms with van der Waals surface area (Å²) >= 11 is 5.04. The Morgan fingerprint density at radius 2 is 1.96 bits per heavy atom. The van der Waals surface area contributed by atoms with Gasteiger partial charge in [0, 0.05) is 16.8 Å². The van der Waals surface area contributed by atoms with Crippen molar-refractivity contribution in [2.24, 2.45) is 0 Å². The first kappa shape index (κ1) is 19.0. The second kappa shape index (κ2) is 9.22. The second-order valence-electron chi connectivity index (χ2n) is 6.05. The molecule has 0 bridgehead atoms. The van der Waals surface area contributed by atoms with Gasteiger partial charge in [0.25, 0.3) is 0 Å². The Balaban J connectivity index is 1.49. The molecular formula is C20H19BrN2O2S. The molecule has 2 aromatic rings. The number of halogens is 1. The van der Waals surface area contributed by atoms with Crippen molar-refractivity contribution in [3.8, 4) is 6.07 Å². The Bertz CT molecular complexity index is 787. The predicted octanol–water partition coefficient (Wildman–Crippen LogP) is 4.15. The fourth-order valence-electron chi connectivity index (χ4n) is 2.78. The molecule has 0 aliphatic carbocycles. The van der Waals surface area contributed by atoms with Crippen LogP contribution >= 0.6 is 27.7 Å². The lowest BCUT2D eigenvalue weighted by molar-refractivity contribution is -0.136. The topological polar surface area (TPSA) is 53.3 Å². The molecule has 1 atom stereocenters. The van der Waals surface area contributed by atoms with E-state index in [1.165, 1.54) is 0 Å². The molecule has 0 aromatic heterocycles. The highest BCUT2D eigenvalue weighted by molar-refractivity contribution is 9.10. The largest absolute Gasteiger partial charge is 0.370 e. The van der Waals surface area contributed by atoms with Crippen molar-refractivity contribution >= 4 is 33.6 Å². The van der Waals surface area contributed by atoms with E-state index in [0.29, 0.717) is 31.0 Å². The van der Waals surface area contributed by atoms with Crippen LogP contribution in [0.3, 0.4) is 0 Å². The number of carbonyl (C=O) groups is 1. The van der Waals surface area contributed by atoms with Gasteiger partial charge in [-0.1, -0.05) is 40.2 Å². The molecule has 6 heteroatoms. The highest BCUT2D eigenvalue weighted by Gasteiger charge is 2.25. The van der Waals surface area contributed by atoms with E-state index in [1.807, 2.05) is 53.4 Å². The van der Waals surface area contributed by atoms with E-state index < -0.39 is 0 Å². The third-order valence-corrected chi connectivity index (χ3v) is 5.76. The molecule has 1 unspecified atom stereocenters. The van der Waals surface area contributed by atoms with Gasteiger partial charge in [-0.05, 0) is 35.4 Å². The van der Waals surface area contributed by atoms with Crippen LogP contribution in [0.15, 0.2) is 53.0 Å². The van der Waals surface area contributed by atoms with Crippen molar-refractivity contribution in [2.45, 2.75) is 11.9 Å². The van der Waals surface area contributed by atoms with Crippen molar-refractivity contribution in [1.82, 2.24) is 4.90 Å². The summed E-state index contributed by atoms with van der Waals surface area (Å²) in [6.45, 7) is 1.80. The van der Waals surface area contributed by atoms with Gasteiger partial charge in [-0.2, -0.15) is 5.26 Å². The number of nitrogens with zero attached hydrogens (tertiary/aromatic N) is 2. The number of thioether (sulfide) groups is 1. The Labute approximate surface area is 166 Å². The molecule has 2 aromatic carbocycles. The number of benzene rings is 2. The summed E-state index contributed by atoms with van der Waals surface area (Å²) in [5.41, 5.74) is 2.87. The highest BCUT2D eigenvalue weighted by atomic mass is 79.9. The first-order valence-electron chi connectivity index (χ1n) is 8.37. The van der Waals surface area contributed by atoms with Crippen LogP contribution in [-0.2, 0) is 15.3 Å². The van der Waals surface area contributed by atoms with Gasteiger partial charge in [0.05, 0.1) is 30.5 Å². The van der Waals surface area contributed by atoms with Crippen molar-refractivity contribution < 1.29 is 9.53 Å². The molecular weight excluding hydrogens is 412 g/mol. The van der Waals surface area contributed by atoms with Crippen molar-refractivity contribution in [2.75, 3.05) is 25.4 Å². The van der Waals surface area contributed by atoms with Crippen molar-refractivity contribution in [1.29, 1.82) is 5.26 Å². The fraction of sp³-hybridized carbons (Fsp3) is 0.300. The standard InChI is InChI=1S/C20H19BrN2O2S/c21-18-7-5-17(6-8-18)19-12-23(9-10-25-19)20(24)14-26-13-16-3-1-15(11-22)2-4-16/h1-8,19H,9-10,12-14H2. The molecule has 0 radical (unpaired) electrons. The summed E-state index contributed by atoms with van der Waals surface area (Å²) < 4.78 is 6.87. The lowest BCUT2D eigenvalue weighted by Crippen LogP contribution is -2.43. The van der Waals surface area contributed by atoms with E-state index in [2.05, 4.69) is 22.0 Å². The Hall–Kier alpha value is -1.81. The van der Waals surface area contributed by atoms with E-state index in [1.54, 1.807) is 11.8 Å². The quantitative estimate of drug-likeness (QED) is 0.714. The van der Waals surface area contributed by atoms with Crippen LogP contribution in [0.1, 0.15) is 22.8 Å². The number of hydrogen-bond donors (Lipinski definition) is 0. The minimum absolute atomic E-state index is 0.0654. The maximum absolute atomic E-state index is 12.5. The van der Waals surface area contributed by atoms with Crippen molar-refractivity contribution in [3.05, 3.63) is 69.7 Å². The highest BCUT2D eigenvalue weighted by Crippen LogP contribution is 2.24. The minimum Gasteiger partial charge on any atom is -0.370 e. The van der Waals surface area contributed by atoms with Gasteiger partial charge < -0.3 is 9.64 Å². The summed E-state index contributed by atoms with van der Waals surface area (Å²) in [7, 11) is 0. The van der Waals surface area contributed by atoms with Gasteiger partial charge in [-0.15, -0.1) is 11.8 Å². The number of amides is 1. The number of hydrogen-bond acceptors (Lipinski definition) is 4. The summed E-state index contributed by atoms with van der Waals surface area (Å²) in [6, 6.07) is 17.6. The lowest BCUT2D eigenvalue weighted by Gasteiger charge is -2.33. The molecule has 134 valence electrons. The maximum atomic E-state index is 12.5. The Kier molecular flexibility index (Phi) is 6.73. The summed E-state index contributed by atoms with van der Waals surface area (Å²) in [4.78, 5) is 14.4. The Morgan fingerprint density at radius 3 is 2.65 bits per heavy atom. The molecule has 1 aliphatic heterocycles. The zero-order valence-electron chi connectivity index (χ0n) is 14.2. The second-order valence-corrected chi connectivity index (χ2v) is 7.95. The monoisotopic (exact) mass is 430 g/mol. The molecule has 1 amide bonds. The van der Waals surface area contributed by atoms with E-state index in [9.17, 15) is 4.79 Å². The van der Waals surface area contributed by atoms with Crippen LogP contribution in [0.4, 0.5) is 0 Å². The van der Waals surface area contributed by atoms with Crippen LogP contribution in [-0.4, -0.2) is 36.3 Å². The lowest BCUT2D eigenvalue weighted by atomic mass is 10.1. The van der Waals surface area contributed by atoms with E-state index in [0.717, 1.165) is 21.4 Å². The molecule has 4 nitrogen and oxygen atoms in total. The average molecular weight is 431 g/mol. The molecule has 0 saturated carbocycles. The first-order chi connectivity index (χ1) is 12.7. The summed E-state index contributed by atoms with van der Waals surface area (Å²) in [6.07, 6.45) is -0.0654. The number of nitriles is 1. The maximum Gasteiger partial charge on any atom is 0.232 e. The van der Waals surface area contributed by atoms with Gasteiger partial charge >= 0.3 is 0 Å². The smallest absolute Gasteiger partial charge is 0.232 e. The van der Waals surface area contributed by atoms with E-state index >= 15 is 0 Å². The first-order valence-corrected chi connectivity index (χ1v) is 10.3. The molecule has 1 saturated heterocycles.